The Morgan fingerprint density at radius 3 is 2.00 bits per heavy atom. The molecule has 0 rings (SSSR count). The Labute approximate surface area is 73.5 Å². The summed E-state index contributed by atoms with van der Waals surface area (Å²) in [5.41, 5.74) is 5.01. The topological polar surface area (TPSA) is 58.7 Å². The maximum atomic E-state index is 11.3. The molecular formula is C8H17N3O. The zero-order valence-corrected chi connectivity index (χ0v) is 8.38. The summed E-state index contributed by atoms with van der Waals surface area (Å²) in [6, 6.07) is 0. The van der Waals surface area contributed by atoms with Crippen molar-refractivity contribution in [3.63, 3.8) is 0 Å². The summed E-state index contributed by atoms with van der Waals surface area (Å²) in [7, 11) is 3.49. The van der Waals surface area contributed by atoms with E-state index >= 15 is 0 Å². The molecule has 0 aliphatic heterocycles. The molecule has 1 amide bonds. The number of aliphatic imine (C=N–C) groups is 1. The second-order valence-electron chi connectivity index (χ2n) is 3.92. The van der Waals surface area contributed by atoms with Crippen molar-refractivity contribution >= 4 is 11.9 Å². The third kappa shape index (κ3) is 3.37. The van der Waals surface area contributed by atoms with Crippen LogP contribution in [0.4, 0.5) is 0 Å². The molecule has 0 fully saturated rings. The Balaban J connectivity index is 4.46. The van der Waals surface area contributed by atoms with E-state index in [0.29, 0.717) is 0 Å². The zero-order valence-electron chi connectivity index (χ0n) is 8.38. The highest BCUT2D eigenvalue weighted by atomic mass is 16.1. The molecule has 2 N–H and O–H groups in total. The maximum Gasteiger partial charge on any atom is 0.254 e. The molecule has 0 aliphatic rings. The van der Waals surface area contributed by atoms with Crippen molar-refractivity contribution < 1.29 is 4.79 Å². The number of carbonyl (C=O) groups is 1. The van der Waals surface area contributed by atoms with E-state index in [1.54, 1.807) is 19.0 Å². The number of hydrogen-bond donors (Lipinski definition) is 1. The molecule has 0 radical (unpaired) electrons. The Kier molecular flexibility index (Phi) is 3.24. The number of hydrogen-bond acceptors (Lipinski definition) is 1. The lowest BCUT2D eigenvalue weighted by Crippen LogP contribution is -2.33. The van der Waals surface area contributed by atoms with Gasteiger partial charge in [0.1, 0.15) is 0 Å². The van der Waals surface area contributed by atoms with Crippen LogP contribution < -0.4 is 5.73 Å². The predicted molar refractivity (Wildman–Crippen MR) is 49.8 cm³/mol. The number of guanidine groups is 1. The van der Waals surface area contributed by atoms with E-state index in [4.69, 9.17) is 5.73 Å². The quantitative estimate of drug-likeness (QED) is 0.425. The van der Waals surface area contributed by atoms with Gasteiger partial charge in [0, 0.05) is 19.5 Å². The van der Waals surface area contributed by atoms with Crippen LogP contribution in [0.2, 0.25) is 0 Å². The van der Waals surface area contributed by atoms with Crippen LogP contribution in [-0.4, -0.2) is 30.9 Å². The Hall–Kier alpha value is -1.06. The normalized spacial score (nSPS) is 12.9. The Bertz CT molecular complexity index is 201. The second kappa shape index (κ2) is 3.56. The summed E-state index contributed by atoms with van der Waals surface area (Å²) in [5, 5.41) is 0. The van der Waals surface area contributed by atoms with Gasteiger partial charge in [0.15, 0.2) is 5.96 Å². The molecule has 4 heteroatoms. The molecule has 0 aromatic carbocycles. The average Bonchev–Trinajstić information content (AvgIpc) is 1.85. The Morgan fingerprint density at radius 2 is 1.75 bits per heavy atom. The van der Waals surface area contributed by atoms with Crippen molar-refractivity contribution in [3.05, 3.63) is 0 Å². The number of nitrogens with zero attached hydrogens (tertiary/aromatic N) is 2. The largest absolute Gasteiger partial charge is 0.369 e. The first kappa shape index (κ1) is 10.9. The number of carbonyl (C=O) groups excluding carboxylic acids is 1. The molecule has 0 aromatic heterocycles. The first-order valence-electron chi connectivity index (χ1n) is 3.81. The molecular weight excluding hydrogens is 154 g/mol. The third-order valence-electron chi connectivity index (χ3n) is 1.32. The van der Waals surface area contributed by atoms with Gasteiger partial charge in [-0.2, -0.15) is 4.99 Å². The monoisotopic (exact) mass is 171 g/mol. The summed E-state index contributed by atoms with van der Waals surface area (Å²) in [6.07, 6.45) is 0. The summed E-state index contributed by atoms with van der Waals surface area (Å²) in [4.78, 5) is 16.6. The van der Waals surface area contributed by atoms with E-state index in [0.717, 1.165) is 0 Å². The summed E-state index contributed by atoms with van der Waals surface area (Å²) < 4.78 is 0. The van der Waals surface area contributed by atoms with Crippen molar-refractivity contribution in [1.29, 1.82) is 0 Å². The van der Waals surface area contributed by atoms with Crippen LogP contribution in [0.3, 0.4) is 0 Å². The van der Waals surface area contributed by atoms with Crippen LogP contribution >= 0.6 is 0 Å². The molecule has 0 aromatic rings. The molecule has 0 bridgehead atoms. The number of amides is 1. The van der Waals surface area contributed by atoms with Gasteiger partial charge in [0.25, 0.3) is 5.91 Å². The number of rotatable bonds is 0. The van der Waals surface area contributed by atoms with Crippen LogP contribution in [0.25, 0.3) is 0 Å². The number of nitrogens with two attached hydrogens (primary N) is 1. The fraction of sp³-hybridized carbons (Fsp3) is 0.750. The summed E-state index contributed by atoms with van der Waals surface area (Å²) in [6.45, 7) is 5.42. The van der Waals surface area contributed by atoms with Crippen molar-refractivity contribution in [1.82, 2.24) is 4.90 Å². The minimum absolute atomic E-state index is 0.200. The molecule has 4 nitrogen and oxygen atoms in total. The fourth-order valence-electron chi connectivity index (χ4n) is 0.372. The smallest absolute Gasteiger partial charge is 0.254 e. The zero-order chi connectivity index (χ0) is 9.94. The van der Waals surface area contributed by atoms with Crippen molar-refractivity contribution in [3.8, 4) is 0 Å². The van der Waals surface area contributed by atoms with Gasteiger partial charge in [0.05, 0.1) is 0 Å². The lowest BCUT2D eigenvalue weighted by molar-refractivity contribution is -0.124. The van der Waals surface area contributed by atoms with Crippen LogP contribution in [0.1, 0.15) is 20.8 Å². The highest BCUT2D eigenvalue weighted by molar-refractivity contribution is 5.94. The average molecular weight is 171 g/mol. The lowest BCUT2D eigenvalue weighted by atomic mass is 9.96. The molecule has 0 saturated carbocycles. The lowest BCUT2D eigenvalue weighted by Gasteiger charge is -2.15. The first-order valence-corrected chi connectivity index (χ1v) is 3.81. The van der Waals surface area contributed by atoms with Crippen molar-refractivity contribution in [2.45, 2.75) is 20.8 Å². The van der Waals surface area contributed by atoms with E-state index in [1.165, 1.54) is 0 Å². The minimum Gasteiger partial charge on any atom is -0.369 e. The minimum atomic E-state index is -0.458. The van der Waals surface area contributed by atoms with Gasteiger partial charge in [0.2, 0.25) is 0 Å². The van der Waals surface area contributed by atoms with Crippen LogP contribution in [-0.2, 0) is 4.79 Å². The SMILES string of the molecule is CN(C)C(N)=NC(=O)C(C)(C)C. The van der Waals surface area contributed by atoms with Gasteiger partial charge in [-0.05, 0) is 0 Å². The van der Waals surface area contributed by atoms with Gasteiger partial charge in [-0.25, -0.2) is 0 Å². The van der Waals surface area contributed by atoms with Crippen LogP contribution in [0, 0.1) is 5.41 Å². The van der Waals surface area contributed by atoms with Crippen LogP contribution in [0.15, 0.2) is 4.99 Å². The molecule has 70 valence electrons. The van der Waals surface area contributed by atoms with E-state index in [9.17, 15) is 4.79 Å². The standard InChI is InChI=1S/C8H17N3O/c1-8(2,3)6(12)10-7(9)11(4)5/h1-5H3,(H2,9,10,12). The van der Waals surface area contributed by atoms with Gasteiger partial charge >= 0.3 is 0 Å². The third-order valence-corrected chi connectivity index (χ3v) is 1.32. The first-order chi connectivity index (χ1) is 5.25. The Morgan fingerprint density at radius 1 is 1.33 bits per heavy atom. The van der Waals surface area contributed by atoms with Gasteiger partial charge < -0.3 is 10.6 Å². The fourth-order valence-corrected chi connectivity index (χ4v) is 0.372. The van der Waals surface area contributed by atoms with Crippen molar-refractivity contribution in [2.75, 3.05) is 14.1 Å². The summed E-state index contributed by atoms with van der Waals surface area (Å²) >= 11 is 0. The molecule has 0 aliphatic carbocycles. The van der Waals surface area contributed by atoms with Gasteiger partial charge in [-0.1, -0.05) is 20.8 Å². The summed E-state index contributed by atoms with van der Waals surface area (Å²) in [5.74, 6) is 0.0450. The maximum absolute atomic E-state index is 11.3. The van der Waals surface area contributed by atoms with E-state index in [2.05, 4.69) is 4.99 Å². The highest BCUT2D eigenvalue weighted by Gasteiger charge is 2.21. The molecule has 0 heterocycles. The van der Waals surface area contributed by atoms with E-state index < -0.39 is 5.41 Å². The second-order valence-corrected chi connectivity index (χ2v) is 3.92. The predicted octanol–water partition coefficient (Wildman–Crippen LogP) is 0.435. The van der Waals surface area contributed by atoms with Crippen LogP contribution in [0.5, 0.6) is 0 Å². The van der Waals surface area contributed by atoms with E-state index in [1.807, 2.05) is 20.8 Å². The molecule has 0 spiro atoms. The van der Waals surface area contributed by atoms with Gasteiger partial charge in [-0.3, -0.25) is 4.79 Å². The highest BCUT2D eigenvalue weighted by Crippen LogP contribution is 2.14. The molecule has 0 saturated heterocycles. The van der Waals surface area contributed by atoms with Crippen molar-refractivity contribution in [2.24, 2.45) is 16.1 Å². The molecule has 0 atom stereocenters. The molecule has 12 heavy (non-hydrogen) atoms. The van der Waals surface area contributed by atoms with E-state index in [-0.39, 0.29) is 11.9 Å². The van der Waals surface area contributed by atoms with Gasteiger partial charge in [-0.15, -0.1) is 0 Å². The molecule has 0 unspecified atom stereocenters.